The van der Waals surface area contributed by atoms with Crippen molar-refractivity contribution in [1.29, 1.82) is 0 Å². The summed E-state index contributed by atoms with van der Waals surface area (Å²) in [4.78, 5) is 26.8. The van der Waals surface area contributed by atoms with Gasteiger partial charge in [0.1, 0.15) is 16.9 Å². The van der Waals surface area contributed by atoms with E-state index in [2.05, 4.69) is 15.6 Å². The lowest BCUT2D eigenvalue weighted by molar-refractivity contribution is 0.0981. The number of nitrogens with zero attached hydrogens (tertiary/aromatic N) is 3. The highest BCUT2D eigenvalue weighted by Gasteiger charge is 2.34. The second kappa shape index (κ2) is 7.66. The van der Waals surface area contributed by atoms with Crippen molar-refractivity contribution >= 4 is 28.3 Å². The Labute approximate surface area is 182 Å². The Morgan fingerprint density at radius 2 is 1.56 bits per heavy atom. The molecule has 0 aliphatic heterocycles. The standard InChI is InChI=1S/C24H18N4O4/c29-19-10-9-14(13-20(19)30)11-12-25-21-22(28-18-8-4-3-7-17(18)26-27-28)24(32)16-6-2-1-5-15(16)23(21)31/h1-10,13,25,29-30H,11-12H2. The Balaban J connectivity index is 1.56. The molecule has 158 valence electrons. The number of aromatic hydroxyl groups is 2. The highest BCUT2D eigenvalue weighted by atomic mass is 16.3. The Hall–Kier alpha value is -4.46. The SMILES string of the molecule is O=C1C(NCCc2ccc(O)c(O)c2)=C(n2nnc3ccccc32)C(=O)c2ccccc21. The van der Waals surface area contributed by atoms with Crippen LogP contribution in [-0.2, 0) is 6.42 Å². The average Bonchev–Trinajstić information content (AvgIpc) is 3.23. The number of phenols is 2. The highest BCUT2D eigenvalue weighted by molar-refractivity contribution is 6.37. The number of Topliss-reactive ketones (excluding diaryl/α,β-unsaturated/α-hetero) is 2. The number of fused-ring (bicyclic) bond motifs is 2. The Morgan fingerprint density at radius 3 is 2.34 bits per heavy atom. The van der Waals surface area contributed by atoms with Crippen molar-refractivity contribution in [3.8, 4) is 11.5 Å². The van der Waals surface area contributed by atoms with Crippen LogP contribution >= 0.6 is 0 Å². The monoisotopic (exact) mass is 426 g/mol. The lowest BCUT2D eigenvalue weighted by atomic mass is 9.90. The zero-order chi connectivity index (χ0) is 22.2. The zero-order valence-corrected chi connectivity index (χ0v) is 16.8. The smallest absolute Gasteiger partial charge is 0.214 e. The minimum Gasteiger partial charge on any atom is -0.504 e. The number of carbonyl (C=O) groups excluding carboxylic acids is 2. The van der Waals surface area contributed by atoms with Gasteiger partial charge >= 0.3 is 0 Å². The van der Waals surface area contributed by atoms with Crippen molar-refractivity contribution in [3.63, 3.8) is 0 Å². The average molecular weight is 426 g/mol. The van der Waals surface area contributed by atoms with Crippen LogP contribution in [0.1, 0.15) is 26.3 Å². The molecule has 1 aliphatic rings. The first kappa shape index (κ1) is 19.5. The van der Waals surface area contributed by atoms with Gasteiger partial charge in [-0.2, -0.15) is 0 Å². The summed E-state index contributed by atoms with van der Waals surface area (Å²) in [7, 11) is 0. The predicted molar refractivity (Wildman–Crippen MR) is 117 cm³/mol. The molecule has 5 rings (SSSR count). The molecule has 3 N–H and O–H groups in total. The van der Waals surface area contributed by atoms with Crippen LogP contribution in [0.3, 0.4) is 0 Å². The molecule has 0 spiro atoms. The van der Waals surface area contributed by atoms with Crippen LogP contribution in [0, 0.1) is 0 Å². The molecule has 8 nitrogen and oxygen atoms in total. The Morgan fingerprint density at radius 1 is 0.844 bits per heavy atom. The van der Waals surface area contributed by atoms with Gasteiger partial charge in [0.2, 0.25) is 11.6 Å². The second-order valence-corrected chi connectivity index (χ2v) is 7.42. The number of benzene rings is 3. The summed E-state index contributed by atoms with van der Waals surface area (Å²) in [6.45, 7) is 0.316. The van der Waals surface area contributed by atoms with Crippen LogP contribution in [0.25, 0.3) is 16.7 Å². The molecule has 0 unspecified atom stereocenters. The molecule has 0 amide bonds. The van der Waals surface area contributed by atoms with Gasteiger partial charge in [0.15, 0.2) is 11.5 Å². The quantitative estimate of drug-likeness (QED) is 0.420. The van der Waals surface area contributed by atoms with Crippen LogP contribution in [0.15, 0.2) is 72.4 Å². The van der Waals surface area contributed by atoms with E-state index in [-0.39, 0.29) is 34.5 Å². The molecule has 1 aliphatic carbocycles. The summed E-state index contributed by atoms with van der Waals surface area (Å²) in [5.74, 6) is -1.03. The molecule has 3 aromatic carbocycles. The molecule has 0 radical (unpaired) electrons. The highest BCUT2D eigenvalue weighted by Crippen LogP contribution is 2.30. The molecular formula is C24H18N4O4. The number of nitrogens with one attached hydrogen (secondary N) is 1. The predicted octanol–water partition coefficient (Wildman–Crippen LogP) is 2.92. The zero-order valence-electron chi connectivity index (χ0n) is 16.8. The summed E-state index contributed by atoms with van der Waals surface area (Å²) in [5, 5.41) is 30.6. The Bertz CT molecular complexity index is 1420. The summed E-state index contributed by atoms with van der Waals surface area (Å²) in [6.07, 6.45) is 0.450. The van der Waals surface area contributed by atoms with Crippen LogP contribution in [0.2, 0.25) is 0 Å². The van der Waals surface area contributed by atoms with Crippen molar-refractivity contribution in [1.82, 2.24) is 20.3 Å². The molecule has 8 heteroatoms. The van der Waals surface area contributed by atoms with Gasteiger partial charge < -0.3 is 15.5 Å². The maximum absolute atomic E-state index is 13.4. The van der Waals surface area contributed by atoms with Crippen molar-refractivity contribution in [2.24, 2.45) is 0 Å². The molecule has 1 aromatic heterocycles. The van der Waals surface area contributed by atoms with Crippen LogP contribution in [-0.4, -0.2) is 43.3 Å². The minimum atomic E-state index is -0.319. The van der Waals surface area contributed by atoms with E-state index in [0.717, 1.165) is 5.56 Å². The van der Waals surface area contributed by atoms with Crippen LogP contribution < -0.4 is 5.32 Å². The van der Waals surface area contributed by atoms with Crippen molar-refractivity contribution < 1.29 is 19.8 Å². The van der Waals surface area contributed by atoms with Crippen LogP contribution in [0.4, 0.5) is 0 Å². The Kier molecular flexibility index (Phi) is 4.67. The summed E-state index contributed by atoms with van der Waals surface area (Å²) in [5.41, 5.74) is 2.90. The van der Waals surface area contributed by atoms with E-state index in [0.29, 0.717) is 35.1 Å². The van der Waals surface area contributed by atoms with Crippen molar-refractivity contribution in [3.05, 3.63) is 89.1 Å². The fourth-order valence-corrected chi connectivity index (χ4v) is 3.82. The van der Waals surface area contributed by atoms with Gasteiger partial charge in [-0.15, -0.1) is 5.10 Å². The van der Waals surface area contributed by atoms with Gasteiger partial charge in [-0.05, 0) is 36.2 Å². The third kappa shape index (κ3) is 3.18. The summed E-state index contributed by atoms with van der Waals surface area (Å²) in [6, 6.07) is 18.5. The van der Waals surface area contributed by atoms with E-state index in [1.54, 1.807) is 42.5 Å². The molecule has 0 saturated carbocycles. The number of carbonyl (C=O) groups is 2. The first-order chi connectivity index (χ1) is 15.5. The fourth-order valence-electron chi connectivity index (χ4n) is 3.82. The fraction of sp³-hybridized carbons (Fsp3) is 0.0833. The lowest BCUT2D eigenvalue weighted by Gasteiger charge is -2.22. The molecule has 0 saturated heterocycles. The first-order valence-corrected chi connectivity index (χ1v) is 10.0. The first-order valence-electron chi connectivity index (χ1n) is 10.0. The number of ketones is 2. The third-order valence-corrected chi connectivity index (χ3v) is 5.41. The molecule has 0 bridgehead atoms. The van der Waals surface area contributed by atoms with Crippen molar-refractivity contribution in [2.45, 2.75) is 6.42 Å². The number of hydrogen-bond acceptors (Lipinski definition) is 7. The van der Waals surface area contributed by atoms with Gasteiger partial charge in [-0.3, -0.25) is 9.59 Å². The van der Waals surface area contributed by atoms with Crippen molar-refractivity contribution in [2.75, 3.05) is 6.54 Å². The normalized spacial score (nSPS) is 13.5. The van der Waals surface area contributed by atoms with E-state index >= 15 is 0 Å². The maximum atomic E-state index is 13.4. The van der Waals surface area contributed by atoms with E-state index in [4.69, 9.17) is 0 Å². The lowest BCUT2D eigenvalue weighted by Crippen LogP contribution is -2.33. The van der Waals surface area contributed by atoms with E-state index in [1.165, 1.54) is 16.8 Å². The molecule has 0 fully saturated rings. The van der Waals surface area contributed by atoms with Gasteiger partial charge in [0.05, 0.1) is 5.52 Å². The topological polar surface area (TPSA) is 117 Å². The summed E-state index contributed by atoms with van der Waals surface area (Å²) >= 11 is 0. The molecular weight excluding hydrogens is 408 g/mol. The number of phenolic OH excluding ortho intramolecular Hbond substituents is 2. The van der Waals surface area contributed by atoms with Gasteiger partial charge in [-0.1, -0.05) is 47.7 Å². The molecule has 0 atom stereocenters. The number of rotatable bonds is 5. The largest absolute Gasteiger partial charge is 0.504 e. The summed E-state index contributed by atoms with van der Waals surface area (Å²) < 4.78 is 1.40. The van der Waals surface area contributed by atoms with E-state index < -0.39 is 0 Å². The minimum absolute atomic E-state index is 0.121. The van der Waals surface area contributed by atoms with Gasteiger partial charge in [-0.25, -0.2) is 4.68 Å². The number of hydrogen-bond donors (Lipinski definition) is 3. The van der Waals surface area contributed by atoms with Crippen LogP contribution in [0.5, 0.6) is 11.5 Å². The van der Waals surface area contributed by atoms with Gasteiger partial charge in [0, 0.05) is 17.7 Å². The van der Waals surface area contributed by atoms with E-state index in [1.807, 2.05) is 12.1 Å². The maximum Gasteiger partial charge on any atom is 0.214 e. The van der Waals surface area contributed by atoms with E-state index in [9.17, 15) is 19.8 Å². The van der Waals surface area contributed by atoms with Gasteiger partial charge in [0.25, 0.3) is 0 Å². The third-order valence-electron chi connectivity index (χ3n) is 5.41. The molecule has 4 aromatic rings. The second-order valence-electron chi connectivity index (χ2n) is 7.42. The number of aromatic nitrogens is 3. The molecule has 1 heterocycles. The number of para-hydroxylation sites is 1. The number of allylic oxidation sites excluding steroid dienone is 2. The molecule has 32 heavy (non-hydrogen) atoms.